The van der Waals surface area contributed by atoms with Crippen LogP contribution in [-0.2, 0) is 17.8 Å². The first-order chi connectivity index (χ1) is 9.31. The van der Waals surface area contributed by atoms with E-state index in [1.165, 1.54) is 0 Å². The molecular formula is C15H17BrN2O. The Morgan fingerprint density at radius 3 is 2.84 bits per heavy atom. The Hall–Kier alpha value is -1.39. The standard InChI is InChI=1S/C15H17BrN2O/c1-19-11-13-14(16)6-4-7-15(13)18-10-8-12-5-2-3-9-17-12/h2-7,9,18H,8,10-11H2,1H3. The van der Waals surface area contributed by atoms with Crippen molar-refractivity contribution in [2.75, 3.05) is 19.0 Å². The second-order valence-corrected chi connectivity index (χ2v) is 5.05. The maximum atomic E-state index is 5.23. The number of nitrogens with one attached hydrogen (secondary N) is 1. The fraction of sp³-hybridized carbons (Fsp3) is 0.267. The molecule has 0 radical (unpaired) electrons. The van der Waals surface area contributed by atoms with Gasteiger partial charge in [0.15, 0.2) is 0 Å². The normalized spacial score (nSPS) is 10.4. The third-order valence-electron chi connectivity index (χ3n) is 2.83. The average molecular weight is 321 g/mol. The highest BCUT2D eigenvalue weighted by Crippen LogP contribution is 2.25. The summed E-state index contributed by atoms with van der Waals surface area (Å²) < 4.78 is 6.30. The van der Waals surface area contributed by atoms with Crippen molar-refractivity contribution in [2.45, 2.75) is 13.0 Å². The second-order valence-electron chi connectivity index (χ2n) is 4.20. The highest BCUT2D eigenvalue weighted by Gasteiger charge is 2.05. The minimum Gasteiger partial charge on any atom is -0.384 e. The molecule has 3 nitrogen and oxygen atoms in total. The van der Waals surface area contributed by atoms with Crippen molar-refractivity contribution in [3.63, 3.8) is 0 Å². The molecule has 0 fully saturated rings. The van der Waals surface area contributed by atoms with E-state index in [2.05, 4.69) is 32.3 Å². The number of nitrogens with zero attached hydrogens (tertiary/aromatic N) is 1. The number of rotatable bonds is 6. The van der Waals surface area contributed by atoms with Gasteiger partial charge >= 0.3 is 0 Å². The number of halogens is 1. The number of aromatic nitrogens is 1. The molecule has 0 atom stereocenters. The molecule has 100 valence electrons. The fourth-order valence-electron chi connectivity index (χ4n) is 1.89. The monoisotopic (exact) mass is 320 g/mol. The first kappa shape index (κ1) is 14.0. The third kappa shape index (κ3) is 4.04. The van der Waals surface area contributed by atoms with Crippen molar-refractivity contribution in [1.82, 2.24) is 4.98 Å². The molecular weight excluding hydrogens is 304 g/mol. The zero-order chi connectivity index (χ0) is 13.5. The average Bonchev–Trinajstić information content (AvgIpc) is 2.44. The number of methoxy groups -OCH3 is 1. The second kappa shape index (κ2) is 7.26. The number of pyridine rings is 1. The molecule has 0 amide bonds. The molecule has 0 unspecified atom stereocenters. The molecule has 0 aliphatic heterocycles. The minimum absolute atomic E-state index is 0.591. The van der Waals surface area contributed by atoms with E-state index in [0.717, 1.165) is 34.4 Å². The fourth-order valence-corrected chi connectivity index (χ4v) is 2.37. The van der Waals surface area contributed by atoms with Crippen LogP contribution in [0.3, 0.4) is 0 Å². The van der Waals surface area contributed by atoms with Crippen LogP contribution in [0.4, 0.5) is 5.69 Å². The molecule has 4 heteroatoms. The van der Waals surface area contributed by atoms with Crippen LogP contribution in [0.15, 0.2) is 47.1 Å². The maximum absolute atomic E-state index is 5.23. The van der Waals surface area contributed by atoms with Gasteiger partial charge in [0.1, 0.15) is 0 Å². The van der Waals surface area contributed by atoms with E-state index in [1.54, 1.807) is 7.11 Å². The summed E-state index contributed by atoms with van der Waals surface area (Å²) in [6.07, 6.45) is 2.73. The molecule has 0 aliphatic rings. The summed E-state index contributed by atoms with van der Waals surface area (Å²) in [6.45, 7) is 1.44. The van der Waals surface area contributed by atoms with Crippen molar-refractivity contribution in [1.29, 1.82) is 0 Å². The lowest BCUT2D eigenvalue weighted by molar-refractivity contribution is 0.185. The first-order valence-corrected chi connectivity index (χ1v) is 7.00. The number of hydrogen-bond donors (Lipinski definition) is 1. The third-order valence-corrected chi connectivity index (χ3v) is 3.57. The molecule has 0 spiro atoms. The van der Waals surface area contributed by atoms with Crippen molar-refractivity contribution < 1.29 is 4.74 Å². The topological polar surface area (TPSA) is 34.1 Å². The predicted molar refractivity (Wildman–Crippen MR) is 81.3 cm³/mol. The lowest BCUT2D eigenvalue weighted by Crippen LogP contribution is -2.08. The highest BCUT2D eigenvalue weighted by molar-refractivity contribution is 9.10. The van der Waals surface area contributed by atoms with Gasteiger partial charge < -0.3 is 10.1 Å². The summed E-state index contributed by atoms with van der Waals surface area (Å²) >= 11 is 3.55. The van der Waals surface area contributed by atoms with Gasteiger partial charge in [-0.2, -0.15) is 0 Å². The Morgan fingerprint density at radius 2 is 2.11 bits per heavy atom. The molecule has 0 saturated heterocycles. The quantitative estimate of drug-likeness (QED) is 0.882. The van der Waals surface area contributed by atoms with E-state index in [1.807, 2.05) is 36.5 Å². The Labute approximate surface area is 122 Å². The smallest absolute Gasteiger partial charge is 0.0744 e. The summed E-state index contributed by atoms with van der Waals surface area (Å²) in [5.41, 5.74) is 3.34. The molecule has 1 aromatic heterocycles. The summed E-state index contributed by atoms with van der Waals surface area (Å²) in [4.78, 5) is 4.31. The van der Waals surface area contributed by atoms with Crippen molar-refractivity contribution in [3.8, 4) is 0 Å². The number of benzene rings is 1. The zero-order valence-corrected chi connectivity index (χ0v) is 12.5. The molecule has 0 saturated carbocycles. The van der Waals surface area contributed by atoms with Crippen LogP contribution in [0.2, 0.25) is 0 Å². The Bertz CT molecular complexity index is 517. The van der Waals surface area contributed by atoms with Crippen molar-refractivity contribution in [2.24, 2.45) is 0 Å². The Morgan fingerprint density at radius 1 is 1.21 bits per heavy atom. The lowest BCUT2D eigenvalue weighted by atomic mass is 10.2. The summed E-state index contributed by atoms with van der Waals surface area (Å²) in [5, 5.41) is 3.44. The largest absolute Gasteiger partial charge is 0.384 e. The molecule has 1 aromatic carbocycles. The van der Waals surface area contributed by atoms with Crippen LogP contribution in [0.5, 0.6) is 0 Å². The van der Waals surface area contributed by atoms with Crippen molar-refractivity contribution >= 4 is 21.6 Å². The van der Waals surface area contributed by atoms with E-state index < -0.39 is 0 Å². The van der Waals surface area contributed by atoms with E-state index in [9.17, 15) is 0 Å². The van der Waals surface area contributed by atoms with Crippen molar-refractivity contribution in [3.05, 3.63) is 58.3 Å². The Balaban J connectivity index is 1.97. The summed E-state index contributed by atoms with van der Waals surface area (Å²) in [7, 11) is 1.71. The molecule has 2 rings (SSSR count). The van der Waals surface area contributed by atoms with Gasteiger partial charge in [-0.05, 0) is 24.3 Å². The number of hydrogen-bond acceptors (Lipinski definition) is 3. The van der Waals surface area contributed by atoms with E-state index in [4.69, 9.17) is 4.74 Å². The Kier molecular flexibility index (Phi) is 5.36. The van der Waals surface area contributed by atoms with Crippen LogP contribution in [0.1, 0.15) is 11.3 Å². The van der Waals surface area contributed by atoms with Gasteiger partial charge in [-0.3, -0.25) is 4.98 Å². The van der Waals surface area contributed by atoms with E-state index >= 15 is 0 Å². The molecule has 0 aliphatic carbocycles. The summed E-state index contributed by atoms with van der Waals surface area (Å²) in [5.74, 6) is 0. The molecule has 1 heterocycles. The van der Waals surface area contributed by atoms with Gasteiger partial charge in [0.25, 0.3) is 0 Å². The first-order valence-electron chi connectivity index (χ1n) is 6.21. The molecule has 1 N–H and O–H groups in total. The van der Waals surface area contributed by atoms with Crippen LogP contribution in [0, 0.1) is 0 Å². The zero-order valence-electron chi connectivity index (χ0n) is 10.9. The number of ether oxygens (including phenoxy) is 1. The molecule has 19 heavy (non-hydrogen) atoms. The lowest BCUT2D eigenvalue weighted by Gasteiger charge is -2.13. The van der Waals surface area contributed by atoms with Gasteiger partial charge in [0.05, 0.1) is 6.61 Å². The van der Waals surface area contributed by atoms with Gasteiger partial charge in [0.2, 0.25) is 0 Å². The van der Waals surface area contributed by atoms with Crippen LogP contribution < -0.4 is 5.32 Å². The maximum Gasteiger partial charge on any atom is 0.0744 e. The number of anilines is 1. The summed E-state index contributed by atoms with van der Waals surface area (Å²) in [6, 6.07) is 12.1. The SMILES string of the molecule is COCc1c(Br)cccc1NCCc1ccccn1. The van der Waals surface area contributed by atoms with Gasteiger partial charge in [-0.25, -0.2) is 0 Å². The van der Waals surface area contributed by atoms with Gasteiger partial charge in [-0.1, -0.05) is 28.1 Å². The van der Waals surface area contributed by atoms with E-state index in [0.29, 0.717) is 6.61 Å². The van der Waals surface area contributed by atoms with E-state index in [-0.39, 0.29) is 0 Å². The highest BCUT2D eigenvalue weighted by atomic mass is 79.9. The molecule has 0 bridgehead atoms. The molecule has 2 aromatic rings. The van der Waals surface area contributed by atoms with Crippen LogP contribution in [-0.4, -0.2) is 18.6 Å². The minimum atomic E-state index is 0.591. The van der Waals surface area contributed by atoms with Crippen LogP contribution >= 0.6 is 15.9 Å². The predicted octanol–water partition coefficient (Wildman–Crippen LogP) is 3.65. The van der Waals surface area contributed by atoms with Crippen LogP contribution in [0.25, 0.3) is 0 Å². The van der Waals surface area contributed by atoms with Gasteiger partial charge in [-0.15, -0.1) is 0 Å². The van der Waals surface area contributed by atoms with Gasteiger partial charge in [0, 0.05) is 47.7 Å².